The van der Waals surface area contributed by atoms with E-state index in [1.165, 1.54) is 12.8 Å². The fraction of sp³-hybridized carbons (Fsp3) is 0.632. The first-order valence-corrected chi connectivity index (χ1v) is 9.22. The molecule has 0 radical (unpaired) electrons. The molecule has 1 aromatic carbocycles. The third-order valence-electron chi connectivity index (χ3n) is 3.99. The monoisotopic (exact) mass is 497 g/mol. The second-order valence-electron chi connectivity index (χ2n) is 6.48. The number of alkyl halides is 2. The molecule has 5 nitrogen and oxygen atoms in total. The van der Waals surface area contributed by atoms with E-state index >= 15 is 0 Å². The van der Waals surface area contributed by atoms with Crippen molar-refractivity contribution < 1.29 is 18.3 Å². The molecule has 0 aliphatic heterocycles. The summed E-state index contributed by atoms with van der Waals surface area (Å²) in [5.41, 5.74) is 1.61. The molecule has 8 heteroatoms. The van der Waals surface area contributed by atoms with E-state index in [4.69, 9.17) is 4.74 Å². The van der Waals surface area contributed by atoms with E-state index in [9.17, 15) is 8.78 Å². The predicted molar refractivity (Wildman–Crippen MR) is 114 cm³/mol. The molecule has 1 aliphatic rings. The number of guanidine groups is 1. The molecule has 0 unspecified atom stereocenters. The summed E-state index contributed by atoms with van der Waals surface area (Å²) in [5.74, 6) is 1.60. The summed E-state index contributed by atoms with van der Waals surface area (Å²) in [7, 11) is 0. The van der Waals surface area contributed by atoms with Crippen LogP contribution >= 0.6 is 24.0 Å². The fourth-order valence-electron chi connectivity index (χ4n) is 2.46. The number of rotatable bonds is 11. The maximum atomic E-state index is 12.5. The number of hydrogen-bond donors (Lipinski definition) is 2. The maximum absolute atomic E-state index is 12.5. The van der Waals surface area contributed by atoms with E-state index in [0.717, 1.165) is 44.2 Å². The van der Waals surface area contributed by atoms with Crippen LogP contribution in [-0.2, 0) is 11.3 Å². The Bertz CT molecular complexity index is 584. The standard InChI is InChI=1S/C19H29F2N3O2.HI/c1-3-22-19(23-9-4-10-25-13-15-6-7-15)24-12-16-11-14(2)5-8-17(16)26-18(20)21;/h5,8,11,15,18H,3-4,6-7,9-10,12-13H2,1-2H3,(H2,22,23,24);1H. The minimum Gasteiger partial charge on any atom is -0.434 e. The third-order valence-corrected chi connectivity index (χ3v) is 3.99. The fourth-order valence-corrected chi connectivity index (χ4v) is 2.46. The number of nitrogens with zero attached hydrogens (tertiary/aromatic N) is 1. The molecule has 2 rings (SSSR count). The van der Waals surface area contributed by atoms with Crippen LogP contribution in [0.25, 0.3) is 0 Å². The number of aryl methyl sites for hydroxylation is 1. The van der Waals surface area contributed by atoms with Crippen molar-refractivity contribution in [2.75, 3.05) is 26.3 Å². The largest absolute Gasteiger partial charge is 0.434 e. The number of hydrogen-bond acceptors (Lipinski definition) is 3. The third kappa shape index (κ3) is 10.1. The van der Waals surface area contributed by atoms with Gasteiger partial charge in [-0.2, -0.15) is 8.78 Å². The second kappa shape index (κ2) is 13.1. The van der Waals surface area contributed by atoms with Gasteiger partial charge in [0.1, 0.15) is 5.75 Å². The zero-order chi connectivity index (χ0) is 18.8. The number of aliphatic imine (C=N–C) groups is 1. The van der Waals surface area contributed by atoms with Gasteiger partial charge in [-0.05, 0) is 45.1 Å². The highest BCUT2D eigenvalue weighted by Crippen LogP contribution is 2.28. The number of halogens is 3. The van der Waals surface area contributed by atoms with Crippen molar-refractivity contribution in [2.45, 2.75) is 46.3 Å². The molecule has 1 saturated carbocycles. The topological polar surface area (TPSA) is 54.9 Å². The predicted octanol–water partition coefficient (Wildman–Crippen LogP) is 4.09. The normalized spacial score (nSPS) is 14.0. The van der Waals surface area contributed by atoms with Gasteiger partial charge in [0.15, 0.2) is 5.96 Å². The Morgan fingerprint density at radius 3 is 2.74 bits per heavy atom. The van der Waals surface area contributed by atoms with Gasteiger partial charge in [0, 0.05) is 31.9 Å². The van der Waals surface area contributed by atoms with Crippen molar-refractivity contribution in [3.8, 4) is 5.75 Å². The van der Waals surface area contributed by atoms with E-state index in [1.807, 2.05) is 19.9 Å². The molecule has 2 N–H and O–H groups in total. The quantitative estimate of drug-likeness (QED) is 0.209. The lowest BCUT2D eigenvalue weighted by Crippen LogP contribution is -2.38. The van der Waals surface area contributed by atoms with E-state index in [1.54, 1.807) is 12.1 Å². The van der Waals surface area contributed by atoms with Crippen LogP contribution in [-0.4, -0.2) is 38.9 Å². The zero-order valence-corrected chi connectivity index (χ0v) is 18.3. The number of ether oxygens (including phenoxy) is 2. The van der Waals surface area contributed by atoms with Crippen molar-refractivity contribution >= 4 is 29.9 Å². The maximum Gasteiger partial charge on any atom is 0.387 e. The SMILES string of the molecule is CCNC(=NCc1cc(C)ccc1OC(F)F)NCCCOCC1CC1.I. The first-order valence-electron chi connectivity index (χ1n) is 9.22. The Labute approximate surface area is 177 Å². The molecule has 0 atom stereocenters. The van der Waals surface area contributed by atoms with Gasteiger partial charge in [0.05, 0.1) is 6.54 Å². The van der Waals surface area contributed by atoms with Gasteiger partial charge < -0.3 is 20.1 Å². The molecule has 154 valence electrons. The first-order chi connectivity index (χ1) is 12.6. The number of nitrogens with one attached hydrogen (secondary N) is 2. The Morgan fingerprint density at radius 2 is 2.07 bits per heavy atom. The lowest BCUT2D eigenvalue weighted by Gasteiger charge is -2.13. The highest BCUT2D eigenvalue weighted by Gasteiger charge is 2.20. The lowest BCUT2D eigenvalue weighted by molar-refractivity contribution is -0.0504. The van der Waals surface area contributed by atoms with Crippen molar-refractivity contribution in [2.24, 2.45) is 10.9 Å². The van der Waals surface area contributed by atoms with Crippen molar-refractivity contribution in [3.63, 3.8) is 0 Å². The highest BCUT2D eigenvalue weighted by atomic mass is 127. The molecule has 0 saturated heterocycles. The van der Waals surface area contributed by atoms with Crippen LogP contribution < -0.4 is 15.4 Å². The van der Waals surface area contributed by atoms with Gasteiger partial charge in [-0.15, -0.1) is 24.0 Å². The van der Waals surface area contributed by atoms with Crippen LogP contribution in [0.5, 0.6) is 5.75 Å². The number of benzene rings is 1. The van der Waals surface area contributed by atoms with Crippen LogP contribution in [0.4, 0.5) is 8.78 Å². The smallest absolute Gasteiger partial charge is 0.387 e. The van der Waals surface area contributed by atoms with Gasteiger partial charge in [-0.1, -0.05) is 17.7 Å². The van der Waals surface area contributed by atoms with Crippen LogP contribution in [0.1, 0.15) is 37.3 Å². The minimum atomic E-state index is -2.84. The van der Waals surface area contributed by atoms with Gasteiger partial charge >= 0.3 is 6.61 Å². The Kier molecular flexibility index (Phi) is 11.6. The first kappa shape index (κ1) is 23.9. The average Bonchev–Trinajstić information content (AvgIpc) is 3.41. The van der Waals surface area contributed by atoms with E-state index in [0.29, 0.717) is 11.5 Å². The van der Waals surface area contributed by atoms with Gasteiger partial charge in [-0.25, -0.2) is 4.99 Å². The van der Waals surface area contributed by atoms with Gasteiger partial charge in [0.25, 0.3) is 0 Å². The molecule has 0 heterocycles. The summed E-state index contributed by atoms with van der Waals surface area (Å²) in [6.07, 6.45) is 3.48. The van der Waals surface area contributed by atoms with Crippen LogP contribution in [0, 0.1) is 12.8 Å². The van der Waals surface area contributed by atoms with Crippen LogP contribution in [0.3, 0.4) is 0 Å². The second-order valence-corrected chi connectivity index (χ2v) is 6.48. The van der Waals surface area contributed by atoms with Gasteiger partial charge in [-0.3, -0.25) is 0 Å². The summed E-state index contributed by atoms with van der Waals surface area (Å²) in [4.78, 5) is 4.48. The zero-order valence-electron chi connectivity index (χ0n) is 16.0. The van der Waals surface area contributed by atoms with Crippen LogP contribution in [0.15, 0.2) is 23.2 Å². The van der Waals surface area contributed by atoms with E-state index in [2.05, 4.69) is 20.4 Å². The summed E-state index contributed by atoms with van der Waals surface area (Å²) in [6.45, 7) is 4.36. The van der Waals surface area contributed by atoms with E-state index < -0.39 is 6.61 Å². The molecule has 0 spiro atoms. The molecule has 0 bridgehead atoms. The summed E-state index contributed by atoms with van der Waals surface area (Å²) in [5, 5.41) is 6.40. The van der Waals surface area contributed by atoms with Gasteiger partial charge in [0.2, 0.25) is 0 Å². The summed E-state index contributed by atoms with van der Waals surface area (Å²) < 4.78 is 35.3. The van der Waals surface area contributed by atoms with Crippen molar-refractivity contribution in [3.05, 3.63) is 29.3 Å². The molecule has 27 heavy (non-hydrogen) atoms. The van der Waals surface area contributed by atoms with Crippen molar-refractivity contribution in [1.29, 1.82) is 0 Å². The highest BCUT2D eigenvalue weighted by molar-refractivity contribution is 14.0. The molecule has 1 aromatic rings. The molecule has 0 aromatic heterocycles. The average molecular weight is 497 g/mol. The summed E-state index contributed by atoms with van der Waals surface area (Å²) >= 11 is 0. The van der Waals surface area contributed by atoms with E-state index in [-0.39, 0.29) is 36.3 Å². The lowest BCUT2D eigenvalue weighted by atomic mass is 10.1. The molecule has 1 aliphatic carbocycles. The minimum absolute atomic E-state index is 0. The Morgan fingerprint density at radius 1 is 1.30 bits per heavy atom. The Balaban J connectivity index is 0.00000364. The Hall–Kier alpha value is -1.16. The van der Waals surface area contributed by atoms with Crippen LogP contribution in [0.2, 0.25) is 0 Å². The van der Waals surface area contributed by atoms with Crippen molar-refractivity contribution in [1.82, 2.24) is 10.6 Å². The molecule has 1 fully saturated rings. The summed E-state index contributed by atoms with van der Waals surface area (Å²) in [6, 6.07) is 5.12. The molecular formula is C19H30F2IN3O2. The molecular weight excluding hydrogens is 467 g/mol. The molecule has 0 amide bonds.